The molecule has 0 radical (unpaired) electrons. The van der Waals surface area contributed by atoms with Gasteiger partial charge in [-0.3, -0.25) is 10.1 Å². The summed E-state index contributed by atoms with van der Waals surface area (Å²) in [6.45, 7) is 3.80. The summed E-state index contributed by atoms with van der Waals surface area (Å²) in [6.07, 6.45) is 4.33. The first-order chi connectivity index (χ1) is 9.11. The van der Waals surface area contributed by atoms with E-state index in [-0.39, 0.29) is 23.4 Å². The van der Waals surface area contributed by atoms with E-state index in [1.165, 1.54) is 0 Å². The zero-order valence-electron chi connectivity index (χ0n) is 11.2. The lowest BCUT2D eigenvalue weighted by Crippen LogP contribution is -2.18. The van der Waals surface area contributed by atoms with Crippen molar-refractivity contribution in [2.24, 2.45) is 0 Å². The van der Waals surface area contributed by atoms with Crippen molar-refractivity contribution in [3.05, 3.63) is 15.9 Å². The Bertz CT molecular complexity index is 472. The summed E-state index contributed by atoms with van der Waals surface area (Å²) in [5.41, 5.74) is -0.167. The summed E-state index contributed by atoms with van der Waals surface area (Å²) < 4.78 is 5.25. The van der Waals surface area contributed by atoms with Gasteiger partial charge in [-0.15, -0.1) is 0 Å². The third kappa shape index (κ3) is 3.10. The number of nitrogens with one attached hydrogen (secondary N) is 1. The van der Waals surface area contributed by atoms with Gasteiger partial charge in [0.05, 0.1) is 11.5 Å². The molecule has 0 saturated heterocycles. The van der Waals surface area contributed by atoms with Crippen LogP contribution in [0, 0.1) is 17.0 Å². The van der Waals surface area contributed by atoms with Crippen LogP contribution in [0.4, 0.5) is 11.5 Å². The number of aromatic nitrogens is 2. The molecular weight excluding hydrogens is 248 g/mol. The number of anilines is 1. The third-order valence-electron chi connectivity index (χ3n) is 3.12. The summed E-state index contributed by atoms with van der Waals surface area (Å²) in [6, 6.07) is 0.252. The fraction of sp³-hybridized carbons (Fsp3) is 0.667. The zero-order valence-corrected chi connectivity index (χ0v) is 11.2. The molecule has 0 atom stereocenters. The average molecular weight is 266 g/mol. The van der Waals surface area contributed by atoms with E-state index >= 15 is 0 Å². The molecule has 0 aromatic carbocycles. The molecule has 1 aliphatic carbocycles. The topological polar surface area (TPSA) is 90.2 Å². The summed E-state index contributed by atoms with van der Waals surface area (Å²) in [5, 5.41) is 14.4. The summed E-state index contributed by atoms with van der Waals surface area (Å²) in [4.78, 5) is 18.9. The number of rotatable bonds is 5. The largest absolute Gasteiger partial charge is 0.473 e. The van der Waals surface area contributed by atoms with Crippen molar-refractivity contribution in [2.75, 3.05) is 11.9 Å². The van der Waals surface area contributed by atoms with Gasteiger partial charge in [0.2, 0.25) is 5.82 Å². The van der Waals surface area contributed by atoms with E-state index in [0.29, 0.717) is 12.4 Å². The van der Waals surface area contributed by atoms with Crippen LogP contribution in [0.3, 0.4) is 0 Å². The molecule has 104 valence electrons. The van der Waals surface area contributed by atoms with E-state index in [0.717, 1.165) is 25.7 Å². The number of ether oxygens (including phenoxy) is 1. The average Bonchev–Trinajstić information content (AvgIpc) is 2.81. The Kier molecular flexibility index (Phi) is 4.13. The molecule has 1 aliphatic rings. The van der Waals surface area contributed by atoms with Gasteiger partial charge in [-0.05, 0) is 26.7 Å². The Hall–Kier alpha value is -1.92. The number of nitro groups is 1. The molecule has 0 spiro atoms. The Balaban J connectivity index is 2.35. The van der Waals surface area contributed by atoms with Crippen molar-refractivity contribution in [2.45, 2.75) is 45.6 Å². The summed E-state index contributed by atoms with van der Waals surface area (Å²) in [5.74, 6) is 0.780. The first kappa shape index (κ1) is 13.5. The van der Waals surface area contributed by atoms with Crippen LogP contribution in [-0.4, -0.2) is 27.5 Å². The molecule has 1 saturated carbocycles. The first-order valence-corrected chi connectivity index (χ1v) is 6.54. The maximum atomic E-state index is 11.2. The Morgan fingerprint density at radius 3 is 2.68 bits per heavy atom. The highest BCUT2D eigenvalue weighted by molar-refractivity contribution is 5.62. The molecule has 7 heteroatoms. The molecule has 0 aliphatic heterocycles. The maximum absolute atomic E-state index is 11.2. The number of nitrogens with zero attached hydrogens (tertiary/aromatic N) is 3. The van der Waals surface area contributed by atoms with E-state index in [4.69, 9.17) is 4.74 Å². The molecule has 7 nitrogen and oxygen atoms in total. The van der Waals surface area contributed by atoms with Crippen molar-refractivity contribution in [1.82, 2.24) is 9.97 Å². The smallest absolute Gasteiger partial charge is 0.372 e. The van der Waals surface area contributed by atoms with Gasteiger partial charge < -0.3 is 10.1 Å². The summed E-state index contributed by atoms with van der Waals surface area (Å²) >= 11 is 0. The predicted molar refractivity (Wildman–Crippen MR) is 70.5 cm³/mol. The molecule has 1 aromatic heterocycles. The molecule has 1 heterocycles. The first-order valence-electron chi connectivity index (χ1n) is 6.54. The van der Waals surface area contributed by atoms with Gasteiger partial charge in [0.1, 0.15) is 5.82 Å². The van der Waals surface area contributed by atoms with E-state index in [2.05, 4.69) is 15.3 Å². The van der Waals surface area contributed by atoms with Gasteiger partial charge in [0.15, 0.2) is 0 Å². The monoisotopic (exact) mass is 266 g/mol. The van der Waals surface area contributed by atoms with Crippen molar-refractivity contribution < 1.29 is 9.66 Å². The van der Waals surface area contributed by atoms with Crippen molar-refractivity contribution >= 4 is 11.5 Å². The maximum Gasteiger partial charge on any atom is 0.372 e. The SMILES string of the molecule is CCOc1nc(C)nc(NC2CCCC2)c1[N+](=O)[O-]. The minimum absolute atomic E-state index is 0.0421. The second-order valence-corrected chi connectivity index (χ2v) is 4.59. The molecule has 1 fully saturated rings. The molecule has 2 rings (SSSR count). The highest BCUT2D eigenvalue weighted by Crippen LogP contribution is 2.33. The number of aryl methyl sites for hydroxylation is 1. The lowest BCUT2D eigenvalue weighted by Gasteiger charge is -2.14. The second kappa shape index (κ2) is 5.81. The van der Waals surface area contributed by atoms with Crippen LogP contribution in [0.5, 0.6) is 5.88 Å². The number of hydrogen-bond donors (Lipinski definition) is 1. The van der Waals surface area contributed by atoms with E-state index in [1.54, 1.807) is 13.8 Å². The van der Waals surface area contributed by atoms with Gasteiger partial charge in [-0.2, -0.15) is 4.98 Å². The minimum atomic E-state index is -0.484. The van der Waals surface area contributed by atoms with Crippen LogP contribution < -0.4 is 10.1 Å². The van der Waals surface area contributed by atoms with E-state index < -0.39 is 4.92 Å². The normalized spacial score (nSPS) is 15.5. The molecule has 0 bridgehead atoms. The van der Waals surface area contributed by atoms with Crippen LogP contribution in [0.1, 0.15) is 38.4 Å². The summed E-state index contributed by atoms with van der Waals surface area (Å²) in [7, 11) is 0. The zero-order chi connectivity index (χ0) is 13.8. The highest BCUT2D eigenvalue weighted by Gasteiger charge is 2.27. The van der Waals surface area contributed by atoms with Crippen LogP contribution in [-0.2, 0) is 0 Å². The molecular formula is C12H18N4O3. The van der Waals surface area contributed by atoms with Crippen LogP contribution >= 0.6 is 0 Å². The standard InChI is InChI=1S/C12H18N4O3/c1-3-19-12-10(16(17)18)11(13-8(2)14-12)15-9-6-4-5-7-9/h9H,3-7H2,1-2H3,(H,13,14,15). The van der Waals surface area contributed by atoms with Gasteiger partial charge in [-0.25, -0.2) is 4.98 Å². The van der Waals surface area contributed by atoms with Crippen LogP contribution in [0.15, 0.2) is 0 Å². The Morgan fingerprint density at radius 1 is 1.42 bits per heavy atom. The van der Waals surface area contributed by atoms with Crippen molar-refractivity contribution in [3.8, 4) is 5.88 Å². The van der Waals surface area contributed by atoms with Gasteiger partial charge in [0.25, 0.3) is 5.88 Å². The molecule has 19 heavy (non-hydrogen) atoms. The van der Waals surface area contributed by atoms with Crippen LogP contribution in [0.2, 0.25) is 0 Å². The van der Waals surface area contributed by atoms with E-state index in [9.17, 15) is 10.1 Å². The Labute approximate surface area is 111 Å². The Morgan fingerprint density at radius 2 is 2.11 bits per heavy atom. The molecule has 0 unspecified atom stereocenters. The van der Waals surface area contributed by atoms with E-state index in [1.807, 2.05) is 0 Å². The fourth-order valence-electron chi connectivity index (χ4n) is 2.31. The van der Waals surface area contributed by atoms with Gasteiger partial charge >= 0.3 is 5.69 Å². The predicted octanol–water partition coefficient (Wildman–Crippen LogP) is 2.45. The number of hydrogen-bond acceptors (Lipinski definition) is 6. The van der Waals surface area contributed by atoms with Gasteiger partial charge in [0, 0.05) is 6.04 Å². The van der Waals surface area contributed by atoms with Crippen LogP contribution in [0.25, 0.3) is 0 Å². The van der Waals surface area contributed by atoms with Crippen molar-refractivity contribution in [1.29, 1.82) is 0 Å². The molecule has 1 aromatic rings. The molecule has 1 N–H and O–H groups in total. The molecule has 0 amide bonds. The lowest BCUT2D eigenvalue weighted by molar-refractivity contribution is -0.385. The highest BCUT2D eigenvalue weighted by atomic mass is 16.6. The van der Waals surface area contributed by atoms with Gasteiger partial charge in [-0.1, -0.05) is 12.8 Å². The minimum Gasteiger partial charge on any atom is -0.473 e. The second-order valence-electron chi connectivity index (χ2n) is 4.59. The lowest BCUT2D eigenvalue weighted by atomic mass is 10.2. The quantitative estimate of drug-likeness (QED) is 0.650. The van der Waals surface area contributed by atoms with Crippen molar-refractivity contribution in [3.63, 3.8) is 0 Å². The fourth-order valence-corrected chi connectivity index (χ4v) is 2.31. The third-order valence-corrected chi connectivity index (χ3v) is 3.12.